The summed E-state index contributed by atoms with van der Waals surface area (Å²) < 4.78 is 48.6. The van der Waals surface area contributed by atoms with Gasteiger partial charge in [-0.1, -0.05) is 41.6 Å². The quantitative estimate of drug-likeness (QED) is 0.446. The zero-order valence-electron chi connectivity index (χ0n) is 21.2. The van der Waals surface area contributed by atoms with Crippen molar-refractivity contribution in [2.45, 2.75) is 57.5 Å². The molecule has 38 heavy (non-hydrogen) atoms. The molecule has 5 rings (SSSR count). The lowest BCUT2D eigenvalue weighted by Crippen LogP contribution is -2.52. The van der Waals surface area contributed by atoms with E-state index in [0.717, 1.165) is 5.56 Å². The van der Waals surface area contributed by atoms with Crippen LogP contribution >= 0.6 is 0 Å². The highest BCUT2D eigenvalue weighted by atomic mass is 19.4. The zero-order chi connectivity index (χ0) is 27.2. The summed E-state index contributed by atoms with van der Waals surface area (Å²) in [5.41, 5.74) is 1.86. The van der Waals surface area contributed by atoms with E-state index < -0.39 is 23.8 Å². The Balaban J connectivity index is 1.40. The Labute approximate surface area is 217 Å². The Bertz CT molecular complexity index is 1350. The Morgan fingerprint density at radius 1 is 1.11 bits per heavy atom. The van der Waals surface area contributed by atoms with Gasteiger partial charge in [-0.05, 0) is 50.5 Å². The topological polar surface area (TPSA) is 88.8 Å². The molecule has 2 aliphatic heterocycles. The lowest BCUT2D eigenvalue weighted by atomic mass is 9.85. The Morgan fingerprint density at radius 2 is 1.84 bits per heavy atom. The van der Waals surface area contributed by atoms with Gasteiger partial charge in [0, 0.05) is 42.7 Å². The fourth-order valence-electron chi connectivity index (χ4n) is 5.04. The molecule has 0 spiro atoms. The van der Waals surface area contributed by atoms with Gasteiger partial charge in [0.25, 0.3) is 5.91 Å². The van der Waals surface area contributed by atoms with Gasteiger partial charge >= 0.3 is 18.2 Å². The third kappa shape index (κ3) is 5.09. The maximum Gasteiger partial charge on any atom is 0.471 e. The highest BCUT2D eigenvalue weighted by Crippen LogP contribution is 2.37. The molecule has 200 valence electrons. The van der Waals surface area contributed by atoms with Crippen molar-refractivity contribution >= 4 is 12.0 Å². The molecule has 2 atom stereocenters. The van der Waals surface area contributed by atoms with Crippen LogP contribution in [0.4, 0.5) is 18.0 Å². The summed E-state index contributed by atoms with van der Waals surface area (Å²) in [6, 6.07) is 14.3. The Hall–Kier alpha value is -3.89. The van der Waals surface area contributed by atoms with Gasteiger partial charge in [0.05, 0.1) is 0 Å². The van der Waals surface area contributed by atoms with E-state index >= 15 is 0 Å². The fourth-order valence-corrected chi connectivity index (χ4v) is 5.04. The lowest BCUT2D eigenvalue weighted by Gasteiger charge is -2.43. The van der Waals surface area contributed by atoms with Crippen LogP contribution in [-0.4, -0.2) is 56.7 Å². The first-order chi connectivity index (χ1) is 17.9. The summed E-state index contributed by atoms with van der Waals surface area (Å²) in [6.07, 6.45) is -4.59. The number of hydrogen-bond acceptors (Lipinski definition) is 6. The molecule has 2 amide bonds. The van der Waals surface area contributed by atoms with Crippen molar-refractivity contribution in [3.8, 4) is 11.4 Å². The van der Waals surface area contributed by atoms with Crippen LogP contribution in [0.2, 0.25) is 0 Å². The number of amides is 2. The van der Waals surface area contributed by atoms with E-state index in [2.05, 4.69) is 14.7 Å². The summed E-state index contributed by atoms with van der Waals surface area (Å²) in [5.74, 6) is -1.93. The first kappa shape index (κ1) is 25.7. The van der Waals surface area contributed by atoms with Gasteiger partial charge in [-0.3, -0.25) is 4.79 Å². The number of hydrogen-bond donors (Lipinski definition) is 0. The number of piperidine rings is 1. The molecule has 8 nitrogen and oxygen atoms in total. The third-order valence-corrected chi connectivity index (χ3v) is 6.72. The number of likely N-dealkylation sites (tertiary alicyclic amines) is 1. The van der Waals surface area contributed by atoms with E-state index in [9.17, 15) is 22.8 Å². The van der Waals surface area contributed by atoms with Gasteiger partial charge in [0.1, 0.15) is 5.60 Å². The number of aromatic nitrogens is 2. The molecular weight excluding hydrogens is 501 g/mol. The molecule has 3 aromatic rings. The van der Waals surface area contributed by atoms with E-state index in [0.29, 0.717) is 36.2 Å². The normalized spacial score (nSPS) is 20.0. The predicted molar refractivity (Wildman–Crippen MR) is 130 cm³/mol. The highest BCUT2D eigenvalue weighted by Gasteiger charge is 2.42. The number of benzene rings is 2. The molecule has 2 aromatic carbocycles. The standard InChI is InChI=1S/C27H27F3N4O4/c1-26(2,3)37-25(36)33-12-11-21(20(15-33)16-7-5-4-6-8-16)34-14-18-13-17(9-10-19(18)23(34)35)22-31-24(38-32-22)27(28,29)30/h4-10,13,20-21H,11-12,14-15H2,1-3H3/t20-,21-/m0/s1. The molecule has 1 aromatic heterocycles. The molecule has 0 bridgehead atoms. The minimum Gasteiger partial charge on any atom is -0.444 e. The van der Waals surface area contributed by atoms with Crippen LogP contribution in [0.25, 0.3) is 11.4 Å². The number of nitrogens with zero attached hydrogens (tertiary/aromatic N) is 4. The smallest absolute Gasteiger partial charge is 0.444 e. The zero-order valence-corrected chi connectivity index (χ0v) is 21.2. The third-order valence-electron chi connectivity index (χ3n) is 6.72. The van der Waals surface area contributed by atoms with Crippen molar-refractivity contribution in [2.75, 3.05) is 13.1 Å². The number of halogens is 3. The predicted octanol–water partition coefficient (Wildman–Crippen LogP) is 5.50. The van der Waals surface area contributed by atoms with Crippen LogP contribution in [0.1, 0.15) is 60.5 Å². The van der Waals surface area contributed by atoms with Crippen LogP contribution in [0, 0.1) is 0 Å². The summed E-state index contributed by atoms with van der Waals surface area (Å²) in [7, 11) is 0. The van der Waals surface area contributed by atoms with Gasteiger partial charge in [0.15, 0.2) is 0 Å². The number of rotatable bonds is 3. The molecule has 0 saturated carbocycles. The van der Waals surface area contributed by atoms with Crippen LogP contribution < -0.4 is 0 Å². The number of carbonyl (C=O) groups excluding carboxylic acids is 2. The molecule has 1 saturated heterocycles. The molecule has 0 radical (unpaired) electrons. The Morgan fingerprint density at radius 3 is 2.50 bits per heavy atom. The molecule has 3 heterocycles. The van der Waals surface area contributed by atoms with Gasteiger partial charge in [0.2, 0.25) is 5.82 Å². The monoisotopic (exact) mass is 528 g/mol. The van der Waals surface area contributed by atoms with Crippen molar-refractivity contribution in [3.63, 3.8) is 0 Å². The van der Waals surface area contributed by atoms with E-state index in [1.807, 2.05) is 51.1 Å². The lowest BCUT2D eigenvalue weighted by molar-refractivity contribution is -0.159. The highest BCUT2D eigenvalue weighted by molar-refractivity contribution is 5.99. The van der Waals surface area contributed by atoms with Crippen molar-refractivity contribution in [1.29, 1.82) is 0 Å². The first-order valence-corrected chi connectivity index (χ1v) is 12.3. The van der Waals surface area contributed by atoms with Crippen molar-refractivity contribution in [3.05, 3.63) is 71.1 Å². The van der Waals surface area contributed by atoms with Gasteiger partial charge < -0.3 is 19.1 Å². The van der Waals surface area contributed by atoms with Crippen molar-refractivity contribution in [1.82, 2.24) is 19.9 Å². The second-order valence-electron chi connectivity index (χ2n) is 10.5. The summed E-state index contributed by atoms with van der Waals surface area (Å²) >= 11 is 0. The molecule has 0 N–H and O–H groups in total. The number of fused-ring (bicyclic) bond motifs is 1. The van der Waals surface area contributed by atoms with Gasteiger partial charge in [-0.15, -0.1) is 0 Å². The van der Waals surface area contributed by atoms with Crippen LogP contribution in [0.15, 0.2) is 53.1 Å². The second kappa shape index (κ2) is 9.45. The molecule has 1 fully saturated rings. The minimum absolute atomic E-state index is 0.151. The molecule has 2 aliphatic rings. The van der Waals surface area contributed by atoms with E-state index in [1.54, 1.807) is 21.9 Å². The largest absolute Gasteiger partial charge is 0.471 e. The second-order valence-corrected chi connectivity index (χ2v) is 10.5. The minimum atomic E-state index is -4.74. The molecule has 0 unspecified atom stereocenters. The number of ether oxygens (including phenoxy) is 1. The Kier molecular flexibility index (Phi) is 6.40. The van der Waals surface area contributed by atoms with Crippen molar-refractivity contribution < 1.29 is 32.0 Å². The van der Waals surface area contributed by atoms with Gasteiger partial charge in [-0.25, -0.2) is 4.79 Å². The summed E-state index contributed by atoms with van der Waals surface area (Å²) in [5, 5.41) is 3.45. The molecule has 11 heteroatoms. The molecular formula is C27H27F3N4O4. The number of alkyl halides is 3. The summed E-state index contributed by atoms with van der Waals surface area (Å²) in [4.78, 5) is 33.2. The summed E-state index contributed by atoms with van der Waals surface area (Å²) in [6.45, 7) is 6.56. The van der Waals surface area contributed by atoms with Crippen LogP contribution in [-0.2, 0) is 17.5 Å². The first-order valence-electron chi connectivity index (χ1n) is 12.3. The van der Waals surface area contributed by atoms with Crippen LogP contribution in [0.3, 0.4) is 0 Å². The number of carbonyl (C=O) groups is 2. The van der Waals surface area contributed by atoms with Crippen LogP contribution in [0.5, 0.6) is 0 Å². The average Bonchev–Trinajstić information content (AvgIpc) is 3.48. The SMILES string of the molecule is CC(C)(C)OC(=O)N1CC[C@H](N2Cc3cc(-c4noc(C(F)(F)F)n4)ccc3C2=O)[C@H](c2ccccc2)C1. The van der Waals surface area contributed by atoms with E-state index in [-0.39, 0.29) is 30.2 Å². The fraction of sp³-hybridized carbons (Fsp3) is 0.407. The van der Waals surface area contributed by atoms with Gasteiger partial charge in [-0.2, -0.15) is 18.2 Å². The van der Waals surface area contributed by atoms with E-state index in [1.165, 1.54) is 6.07 Å². The van der Waals surface area contributed by atoms with E-state index in [4.69, 9.17) is 4.74 Å². The van der Waals surface area contributed by atoms with Crippen molar-refractivity contribution in [2.24, 2.45) is 0 Å². The maximum absolute atomic E-state index is 13.5. The average molecular weight is 529 g/mol. The maximum atomic E-state index is 13.5. The molecule has 0 aliphatic carbocycles.